The smallest absolute Gasteiger partial charge is 0.238 e. The van der Waals surface area contributed by atoms with Gasteiger partial charge in [0.2, 0.25) is 5.95 Å². The molecule has 0 aliphatic rings. The maximum atomic E-state index is 5.02. The largest absolute Gasteiger partial charge is 0.308 e. The fourth-order valence-electron chi connectivity index (χ4n) is 8.37. The van der Waals surface area contributed by atoms with Crippen LogP contribution >= 0.6 is 11.3 Å². The van der Waals surface area contributed by atoms with Gasteiger partial charge in [0, 0.05) is 49.4 Å². The zero-order valence-electron chi connectivity index (χ0n) is 30.3. The molecule has 6 heterocycles. The Morgan fingerprint density at radius 1 is 0.386 bits per heavy atom. The Balaban J connectivity index is 1.04. The Morgan fingerprint density at radius 3 is 1.54 bits per heavy atom. The second kappa shape index (κ2) is 12.5. The first-order chi connectivity index (χ1) is 28.3. The maximum absolute atomic E-state index is 5.02. The van der Waals surface area contributed by atoms with Crippen LogP contribution in [0.4, 0.5) is 0 Å². The third kappa shape index (κ3) is 4.94. The van der Waals surface area contributed by atoms with Crippen LogP contribution < -0.4 is 0 Å². The van der Waals surface area contributed by atoms with E-state index in [0.717, 1.165) is 32.9 Å². The summed E-state index contributed by atoms with van der Waals surface area (Å²) in [5.41, 5.74) is 9.21. The fraction of sp³-hybridized carbons (Fsp3) is 0. The topological polar surface area (TPSA) is 74.3 Å². The van der Waals surface area contributed by atoms with Gasteiger partial charge in [-0.05, 0) is 83.9 Å². The quantitative estimate of drug-likeness (QED) is 0.175. The van der Waals surface area contributed by atoms with Gasteiger partial charge in [-0.1, -0.05) is 91.0 Å². The standard InChI is InChI=1S/C49H29N7S/c1-4-18-40-32(12-1)36-28-30(22-24-42(36)55(40)44-20-11-15-35-34-14-3-6-21-45(34)57-46(35)44)31-23-25-43-37(29-31)33-13-2-5-19-41(33)56(43)49-53-47(38-16-7-9-26-50-38)52-48(54-49)39-17-8-10-27-51-39/h1-29H. The SMILES string of the molecule is c1ccc(-c2nc(-c3ccccn3)nc(-n3c4ccccc4c4cc(-c5ccc6c(c5)c5ccccc5n6-c5cccc6c5sc5ccccc56)ccc43)n2)nc1. The van der Waals surface area contributed by atoms with Crippen molar-refractivity contribution in [3.63, 3.8) is 0 Å². The van der Waals surface area contributed by atoms with E-state index in [1.54, 1.807) is 12.4 Å². The summed E-state index contributed by atoms with van der Waals surface area (Å²) in [5.74, 6) is 1.48. The Kier molecular flexibility index (Phi) is 6.96. The molecule has 0 bridgehead atoms. The molecule has 0 aliphatic heterocycles. The van der Waals surface area contributed by atoms with Crippen LogP contribution in [0.1, 0.15) is 0 Å². The summed E-state index contributed by atoms with van der Waals surface area (Å²) < 4.78 is 7.17. The van der Waals surface area contributed by atoms with Gasteiger partial charge in [0.1, 0.15) is 11.4 Å². The molecule has 7 nitrogen and oxygen atoms in total. The molecule has 0 amide bonds. The third-order valence-corrected chi connectivity index (χ3v) is 12.1. The zero-order valence-corrected chi connectivity index (χ0v) is 31.1. The van der Waals surface area contributed by atoms with Crippen LogP contribution in [0.2, 0.25) is 0 Å². The van der Waals surface area contributed by atoms with Crippen molar-refractivity contribution in [2.75, 3.05) is 0 Å². The number of hydrogen-bond donors (Lipinski definition) is 0. The highest BCUT2D eigenvalue weighted by molar-refractivity contribution is 7.26. The average Bonchev–Trinajstić information content (AvgIpc) is 3.94. The summed E-state index contributed by atoms with van der Waals surface area (Å²) in [6.45, 7) is 0. The van der Waals surface area contributed by atoms with Crippen LogP contribution in [-0.2, 0) is 0 Å². The maximum Gasteiger partial charge on any atom is 0.238 e. The molecule has 0 aliphatic carbocycles. The lowest BCUT2D eigenvalue weighted by atomic mass is 10.0. The Hall–Kier alpha value is -7.55. The van der Waals surface area contributed by atoms with Crippen molar-refractivity contribution in [3.8, 4) is 45.8 Å². The molecule has 12 rings (SSSR count). The van der Waals surface area contributed by atoms with Crippen LogP contribution in [-0.4, -0.2) is 34.1 Å². The van der Waals surface area contributed by atoms with Crippen molar-refractivity contribution in [3.05, 3.63) is 176 Å². The lowest BCUT2D eigenvalue weighted by Gasteiger charge is -2.11. The lowest BCUT2D eigenvalue weighted by Crippen LogP contribution is -2.07. The molecule has 6 aromatic carbocycles. The molecule has 0 spiro atoms. The highest BCUT2D eigenvalue weighted by Gasteiger charge is 2.20. The predicted molar refractivity (Wildman–Crippen MR) is 233 cm³/mol. The van der Waals surface area contributed by atoms with E-state index in [-0.39, 0.29) is 0 Å². The van der Waals surface area contributed by atoms with E-state index in [1.807, 2.05) is 47.7 Å². The molecule has 0 radical (unpaired) electrons. The van der Waals surface area contributed by atoms with Crippen LogP contribution in [0.3, 0.4) is 0 Å². The zero-order chi connectivity index (χ0) is 37.5. The van der Waals surface area contributed by atoms with Crippen molar-refractivity contribution in [1.29, 1.82) is 0 Å². The van der Waals surface area contributed by atoms with Crippen LogP contribution in [0.25, 0.3) is 110 Å². The first-order valence-electron chi connectivity index (χ1n) is 18.8. The second-order valence-corrected chi connectivity index (χ2v) is 15.2. The highest BCUT2D eigenvalue weighted by Crippen LogP contribution is 2.42. The van der Waals surface area contributed by atoms with Gasteiger partial charge in [0.15, 0.2) is 11.6 Å². The third-order valence-electron chi connectivity index (χ3n) is 10.9. The Bertz CT molecular complexity index is 3470. The molecule has 0 N–H and O–H groups in total. The molecule has 12 aromatic rings. The molecular formula is C49H29N7S. The van der Waals surface area contributed by atoms with E-state index in [9.17, 15) is 0 Å². The molecular weight excluding hydrogens is 719 g/mol. The summed E-state index contributed by atoms with van der Waals surface area (Å²) in [7, 11) is 0. The van der Waals surface area contributed by atoms with Gasteiger partial charge < -0.3 is 4.57 Å². The monoisotopic (exact) mass is 747 g/mol. The van der Waals surface area contributed by atoms with Gasteiger partial charge in [0.25, 0.3) is 0 Å². The van der Waals surface area contributed by atoms with Crippen LogP contribution in [0.15, 0.2) is 176 Å². The summed E-state index contributed by atoms with van der Waals surface area (Å²) in [4.78, 5) is 24.0. The van der Waals surface area contributed by atoms with Crippen molar-refractivity contribution in [2.24, 2.45) is 0 Å². The van der Waals surface area contributed by atoms with Crippen molar-refractivity contribution >= 4 is 75.1 Å². The van der Waals surface area contributed by atoms with E-state index in [0.29, 0.717) is 29.0 Å². The number of pyridine rings is 2. The minimum Gasteiger partial charge on any atom is -0.308 e. The van der Waals surface area contributed by atoms with Gasteiger partial charge >= 0.3 is 0 Å². The van der Waals surface area contributed by atoms with Crippen LogP contribution in [0.5, 0.6) is 0 Å². The molecule has 0 fully saturated rings. The number of para-hydroxylation sites is 2. The number of fused-ring (bicyclic) bond motifs is 9. The van der Waals surface area contributed by atoms with Crippen molar-refractivity contribution in [1.82, 2.24) is 34.1 Å². The normalized spacial score (nSPS) is 11.9. The average molecular weight is 748 g/mol. The van der Waals surface area contributed by atoms with Gasteiger partial charge in [-0.25, -0.2) is 4.98 Å². The molecule has 8 heteroatoms. The van der Waals surface area contributed by atoms with E-state index in [4.69, 9.17) is 15.0 Å². The number of aromatic nitrogens is 7. The molecule has 0 saturated heterocycles. The molecule has 6 aromatic heterocycles. The minimum atomic E-state index is 0.486. The van der Waals surface area contributed by atoms with Gasteiger partial charge in [0.05, 0.1) is 32.5 Å². The van der Waals surface area contributed by atoms with E-state index >= 15 is 0 Å². The summed E-state index contributed by atoms with van der Waals surface area (Å²) in [6, 6.07) is 57.7. The summed E-state index contributed by atoms with van der Waals surface area (Å²) in [6.07, 6.45) is 3.50. The van der Waals surface area contributed by atoms with Gasteiger partial charge in [-0.3, -0.25) is 14.5 Å². The summed E-state index contributed by atoms with van der Waals surface area (Å²) in [5, 5.41) is 7.27. The highest BCUT2D eigenvalue weighted by atomic mass is 32.1. The number of thiophene rings is 1. The first kappa shape index (κ1) is 31.8. The molecule has 0 saturated carbocycles. The minimum absolute atomic E-state index is 0.486. The van der Waals surface area contributed by atoms with Crippen LogP contribution in [0, 0.1) is 0 Å². The summed E-state index contributed by atoms with van der Waals surface area (Å²) >= 11 is 1.86. The Labute approximate surface area is 329 Å². The number of benzene rings is 6. The lowest BCUT2D eigenvalue weighted by molar-refractivity contribution is 0.943. The number of rotatable bonds is 5. The van der Waals surface area contributed by atoms with Crippen molar-refractivity contribution in [2.45, 2.75) is 0 Å². The number of nitrogens with zero attached hydrogens (tertiary/aromatic N) is 7. The molecule has 0 unspecified atom stereocenters. The molecule has 0 atom stereocenters. The fourth-order valence-corrected chi connectivity index (χ4v) is 9.58. The van der Waals surface area contributed by atoms with E-state index < -0.39 is 0 Å². The molecule has 57 heavy (non-hydrogen) atoms. The van der Waals surface area contributed by atoms with Gasteiger partial charge in [-0.15, -0.1) is 11.3 Å². The van der Waals surface area contributed by atoms with E-state index in [2.05, 4.69) is 146 Å². The number of hydrogen-bond acceptors (Lipinski definition) is 6. The second-order valence-electron chi connectivity index (χ2n) is 14.1. The predicted octanol–water partition coefficient (Wildman–Crippen LogP) is 12.2. The first-order valence-corrected chi connectivity index (χ1v) is 19.7. The molecule has 266 valence electrons. The van der Waals surface area contributed by atoms with Crippen molar-refractivity contribution < 1.29 is 0 Å². The Morgan fingerprint density at radius 2 is 0.912 bits per heavy atom. The van der Waals surface area contributed by atoms with E-state index in [1.165, 1.54) is 47.7 Å². The van der Waals surface area contributed by atoms with Gasteiger partial charge in [-0.2, -0.15) is 9.97 Å².